The normalized spacial score (nSPS) is 17.9. The first-order chi connectivity index (χ1) is 8.74. The molecule has 0 bridgehead atoms. The molecule has 0 radical (unpaired) electrons. The lowest BCUT2D eigenvalue weighted by molar-refractivity contribution is 0.317. The molecule has 0 spiro atoms. The van der Waals surface area contributed by atoms with E-state index in [4.69, 9.17) is 12.2 Å². The van der Waals surface area contributed by atoms with Crippen molar-refractivity contribution in [2.45, 2.75) is 66.3 Å². The van der Waals surface area contributed by atoms with Crippen LogP contribution in [0.3, 0.4) is 0 Å². The molecule has 1 aliphatic rings. The molecule has 1 heterocycles. The minimum Gasteiger partial charge on any atom is -0.309 e. The topological polar surface area (TPSA) is 15.3 Å². The maximum Gasteiger partial charge on any atom is 0.0396 e. The van der Waals surface area contributed by atoms with Crippen LogP contribution < -0.4 is 5.32 Å². The Morgan fingerprint density at radius 1 is 1.22 bits per heavy atom. The number of hydrogen-bond donors (Lipinski definition) is 1. The van der Waals surface area contributed by atoms with Crippen LogP contribution in [0.15, 0.2) is 0 Å². The molecule has 1 aliphatic heterocycles. The molecule has 1 unspecified atom stereocenters. The second-order valence-electron chi connectivity index (χ2n) is 4.17. The van der Waals surface area contributed by atoms with Gasteiger partial charge in [-0.1, -0.05) is 53.3 Å². The maximum atomic E-state index is 5.30. The Morgan fingerprint density at radius 2 is 1.83 bits per heavy atom. The van der Waals surface area contributed by atoms with E-state index in [0.717, 1.165) is 19.5 Å². The molecule has 0 saturated carbocycles. The van der Waals surface area contributed by atoms with Crippen LogP contribution in [0.25, 0.3) is 0 Å². The van der Waals surface area contributed by atoms with Crippen LogP contribution in [0.4, 0.5) is 0 Å². The number of hydrogen-bond acceptors (Lipinski definition) is 3. The fraction of sp³-hybridized carbons (Fsp3) is 0.933. The molecular formula is C15H34N2S. The zero-order valence-corrected chi connectivity index (χ0v) is 14.2. The summed E-state index contributed by atoms with van der Waals surface area (Å²) in [7, 11) is 2.20. The van der Waals surface area contributed by atoms with Crippen molar-refractivity contribution in [3.05, 3.63) is 0 Å². The van der Waals surface area contributed by atoms with E-state index in [0.29, 0.717) is 6.04 Å². The number of nitrogens with one attached hydrogen (secondary N) is 1. The Hall–Kier alpha value is 0.01000. The first kappa shape index (κ1) is 20.3. The quantitative estimate of drug-likeness (QED) is 0.740. The van der Waals surface area contributed by atoms with Gasteiger partial charge in [-0.15, -0.1) is 0 Å². The summed E-state index contributed by atoms with van der Waals surface area (Å²) in [6.07, 6.45) is 4.86. The molecule has 1 saturated heterocycles. The van der Waals surface area contributed by atoms with Crippen LogP contribution in [0, 0.1) is 0 Å². The Kier molecular flexibility index (Phi) is 17.0. The average molecular weight is 275 g/mol. The molecule has 110 valence electrons. The van der Waals surface area contributed by atoms with Crippen molar-refractivity contribution in [1.29, 1.82) is 0 Å². The predicted molar refractivity (Wildman–Crippen MR) is 88.7 cm³/mol. The first-order valence-corrected chi connectivity index (χ1v) is 8.09. The molecule has 1 atom stereocenters. The third kappa shape index (κ3) is 9.98. The fourth-order valence-electron chi connectivity index (χ4n) is 1.81. The second kappa shape index (κ2) is 15.1. The number of nitrogens with zero attached hydrogens (tertiary/aromatic N) is 1. The van der Waals surface area contributed by atoms with Crippen LogP contribution in [-0.4, -0.2) is 42.5 Å². The van der Waals surface area contributed by atoms with Gasteiger partial charge in [0.25, 0.3) is 0 Å². The van der Waals surface area contributed by atoms with Crippen LogP contribution in [0.1, 0.15) is 60.3 Å². The summed E-state index contributed by atoms with van der Waals surface area (Å²) in [5.74, 6) is 0. The van der Waals surface area contributed by atoms with Crippen molar-refractivity contribution in [3.63, 3.8) is 0 Å². The Morgan fingerprint density at radius 3 is 2.28 bits per heavy atom. The largest absolute Gasteiger partial charge is 0.309 e. The summed E-state index contributed by atoms with van der Waals surface area (Å²) in [6.45, 7) is 13.7. The number of thiocarbonyl (C=S) groups is 1. The summed E-state index contributed by atoms with van der Waals surface area (Å²) in [4.78, 5) is 3.64. The molecule has 18 heavy (non-hydrogen) atoms. The van der Waals surface area contributed by atoms with Gasteiger partial charge in [-0.2, -0.15) is 0 Å². The summed E-state index contributed by atoms with van der Waals surface area (Å²) >= 11 is 5.30. The molecule has 1 rings (SSSR count). The SMILES string of the molecule is CC.CC.CCCCN(C)CCC1NCCC1=S. The standard InChI is InChI=1S/C11H22N2S.2C2H6/c1-3-4-8-13(2)9-6-10-11(14)5-7-12-10;2*1-2/h10,12H,3-9H2,1-2H3;2*1-2H3. The first-order valence-electron chi connectivity index (χ1n) is 7.68. The monoisotopic (exact) mass is 274 g/mol. The lowest BCUT2D eigenvalue weighted by Gasteiger charge is -2.18. The van der Waals surface area contributed by atoms with Gasteiger partial charge in [0.2, 0.25) is 0 Å². The second-order valence-corrected chi connectivity index (χ2v) is 4.69. The minimum absolute atomic E-state index is 0.508. The van der Waals surface area contributed by atoms with Gasteiger partial charge in [0.15, 0.2) is 0 Å². The zero-order chi connectivity index (χ0) is 14.4. The highest BCUT2D eigenvalue weighted by molar-refractivity contribution is 7.80. The van der Waals surface area contributed by atoms with E-state index in [2.05, 4.69) is 24.2 Å². The minimum atomic E-state index is 0.508. The summed E-state index contributed by atoms with van der Waals surface area (Å²) < 4.78 is 0. The van der Waals surface area contributed by atoms with Gasteiger partial charge in [-0.25, -0.2) is 0 Å². The Balaban J connectivity index is 0. The molecule has 0 aliphatic carbocycles. The van der Waals surface area contributed by atoms with Crippen LogP contribution in [0.2, 0.25) is 0 Å². The predicted octanol–water partition coefficient (Wildman–Crippen LogP) is 3.89. The van der Waals surface area contributed by atoms with Gasteiger partial charge < -0.3 is 10.2 Å². The molecule has 1 fully saturated rings. The molecule has 2 nitrogen and oxygen atoms in total. The van der Waals surface area contributed by atoms with Gasteiger partial charge in [0.05, 0.1) is 0 Å². The summed E-state index contributed by atoms with van der Waals surface area (Å²) in [5, 5.41) is 3.45. The van der Waals surface area contributed by atoms with E-state index >= 15 is 0 Å². The third-order valence-corrected chi connectivity index (χ3v) is 3.33. The zero-order valence-electron chi connectivity index (χ0n) is 13.4. The fourth-order valence-corrected chi connectivity index (χ4v) is 2.11. The van der Waals surface area contributed by atoms with E-state index in [1.165, 1.54) is 30.7 Å². The van der Waals surface area contributed by atoms with E-state index in [9.17, 15) is 0 Å². The van der Waals surface area contributed by atoms with Crippen molar-refractivity contribution >= 4 is 17.1 Å². The molecular weight excluding hydrogens is 240 g/mol. The highest BCUT2D eigenvalue weighted by Gasteiger charge is 2.19. The average Bonchev–Trinajstić information content (AvgIpc) is 2.84. The highest BCUT2D eigenvalue weighted by atomic mass is 32.1. The number of rotatable bonds is 6. The molecule has 3 heteroatoms. The van der Waals surface area contributed by atoms with Crippen molar-refractivity contribution < 1.29 is 0 Å². The van der Waals surface area contributed by atoms with Gasteiger partial charge in [0, 0.05) is 17.5 Å². The van der Waals surface area contributed by atoms with Gasteiger partial charge >= 0.3 is 0 Å². The third-order valence-electron chi connectivity index (χ3n) is 2.84. The van der Waals surface area contributed by atoms with E-state index in [1.807, 2.05) is 27.7 Å². The molecule has 1 N–H and O–H groups in total. The van der Waals surface area contributed by atoms with Gasteiger partial charge in [0.1, 0.15) is 0 Å². The van der Waals surface area contributed by atoms with Gasteiger partial charge in [-0.05, 0) is 39.4 Å². The lowest BCUT2D eigenvalue weighted by atomic mass is 10.1. The summed E-state index contributed by atoms with van der Waals surface area (Å²) in [6, 6.07) is 0.508. The molecule has 0 aromatic carbocycles. The van der Waals surface area contributed by atoms with Crippen LogP contribution in [0.5, 0.6) is 0 Å². The summed E-state index contributed by atoms with van der Waals surface area (Å²) in [5.41, 5.74) is 0. The Bertz CT molecular complexity index is 183. The van der Waals surface area contributed by atoms with Crippen molar-refractivity contribution in [2.24, 2.45) is 0 Å². The number of unbranched alkanes of at least 4 members (excludes halogenated alkanes) is 1. The van der Waals surface area contributed by atoms with Gasteiger partial charge in [-0.3, -0.25) is 0 Å². The van der Waals surface area contributed by atoms with Crippen LogP contribution >= 0.6 is 12.2 Å². The van der Waals surface area contributed by atoms with Crippen LogP contribution in [-0.2, 0) is 0 Å². The maximum absolute atomic E-state index is 5.30. The molecule has 0 amide bonds. The lowest BCUT2D eigenvalue weighted by Crippen LogP contribution is -2.32. The Labute approximate surface area is 121 Å². The van der Waals surface area contributed by atoms with Crippen molar-refractivity contribution in [1.82, 2.24) is 10.2 Å². The van der Waals surface area contributed by atoms with E-state index in [-0.39, 0.29) is 0 Å². The molecule has 0 aromatic rings. The van der Waals surface area contributed by atoms with Crippen molar-refractivity contribution in [3.8, 4) is 0 Å². The highest BCUT2D eigenvalue weighted by Crippen LogP contribution is 2.07. The smallest absolute Gasteiger partial charge is 0.0396 e. The molecule has 0 aromatic heterocycles. The van der Waals surface area contributed by atoms with E-state index < -0.39 is 0 Å². The van der Waals surface area contributed by atoms with Crippen molar-refractivity contribution in [2.75, 3.05) is 26.7 Å². The van der Waals surface area contributed by atoms with E-state index in [1.54, 1.807) is 0 Å².